The number of allylic oxidation sites excluding steroid dienone is 1. The van der Waals surface area contributed by atoms with Crippen molar-refractivity contribution >= 4 is 23.1 Å². The van der Waals surface area contributed by atoms with Crippen LogP contribution in [0.15, 0.2) is 78.9 Å². The normalized spacial score (nSPS) is 11.0. The first-order valence-electron chi connectivity index (χ1n) is 8.88. The molecule has 0 atom stereocenters. The van der Waals surface area contributed by atoms with Crippen molar-refractivity contribution in [3.05, 3.63) is 95.6 Å². The van der Waals surface area contributed by atoms with Gasteiger partial charge in [0.2, 0.25) is 0 Å². The summed E-state index contributed by atoms with van der Waals surface area (Å²) in [7, 11) is 0. The Balaban J connectivity index is 2.21. The predicted molar refractivity (Wildman–Crippen MR) is 110 cm³/mol. The minimum Gasteiger partial charge on any atom is -0.310 e. The lowest BCUT2D eigenvalue weighted by Gasteiger charge is -2.28. The van der Waals surface area contributed by atoms with E-state index in [0.29, 0.717) is 0 Å². The summed E-state index contributed by atoms with van der Waals surface area (Å²) in [6.07, 6.45) is 5.50. The number of anilines is 3. The van der Waals surface area contributed by atoms with Crippen molar-refractivity contribution in [3.8, 4) is 0 Å². The van der Waals surface area contributed by atoms with Crippen LogP contribution in [0, 0.1) is 13.8 Å². The van der Waals surface area contributed by atoms with Crippen LogP contribution in [0.4, 0.5) is 17.1 Å². The van der Waals surface area contributed by atoms with E-state index in [0.717, 1.165) is 6.42 Å². The molecule has 0 aromatic heterocycles. The molecule has 1 nitrogen and oxygen atoms in total. The van der Waals surface area contributed by atoms with Crippen LogP contribution in [0.2, 0.25) is 0 Å². The van der Waals surface area contributed by atoms with Gasteiger partial charge in [-0.05, 0) is 56.2 Å². The van der Waals surface area contributed by atoms with Crippen molar-refractivity contribution in [1.29, 1.82) is 0 Å². The average molecular weight is 327 g/mol. The molecule has 0 amide bonds. The molecule has 126 valence electrons. The molecule has 0 aliphatic heterocycles. The first kappa shape index (κ1) is 17.0. The second kappa shape index (κ2) is 7.85. The summed E-state index contributed by atoms with van der Waals surface area (Å²) < 4.78 is 0. The highest BCUT2D eigenvalue weighted by Gasteiger charge is 2.15. The largest absolute Gasteiger partial charge is 0.310 e. The van der Waals surface area contributed by atoms with Crippen LogP contribution in [-0.4, -0.2) is 0 Å². The molecule has 3 rings (SSSR count). The number of hydrogen-bond acceptors (Lipinski definition) is 1. The van der Waals surface area contributed by atoms with Crippen LogP contribution in [0.3, 0.4) is 0 Å². The Morgan fingerprint density at radius 1 is 0.760 bits per heavy atom. The third kappa shape index (κ3) is 3.83. The van der Waals surface area contributed by atoms with Crippen molar-refractivity contribution in [2.75, 3.05) is 4.90 Å². The highest BCUT2D eigenvalue weighted by atomic mass is 15.1. The van der Waals surface area contributed by atoms with Gasteiger partial charge in [-0.2, -0.15) is 0 Å². The number of para-hydroxylation sites is 1. The molecule has 0 saturated carbocycles. The molecule has 3 aromatic carbocycles. The third-order valence-electron chi connectivity index (χ3n) is 4.37. The Bertz CT molecular complexity index is 845. The zero-order valence-corrected chi connectivity index (χ0v) is 15.2. The summed E-state index contributed by atoms with van der Waals surface area (Å²) in [6, 6.07) is 25.8. The van der Waals surface area contributed by atoms with Gasteiger partial charge >= 0.3 is 0 Å². The zero-order chi connectivity index (χ0) is 17.6. The minimum absolute atomic E-state index is 1.03. The van der Waals surface area contributed by atoms with Crippen molar-refractivity contribution in [1.82, 2.24) is 0 Å². The SMILES string of the molecule is CC/C=C\c1c(C)cccc1N(c1ccccc1)c1ccc(C)cc1. The van der Waals surface area contributed by atoms with Gasteiger partial charge in [-0.25, -0.2) is 0 Å². The summed E-state index contributed by atoms with van der Waals surface area (Å²) in [5, 5.41) is 0. The summed E-state index contributed by atoms with van der Waals surface area (Å²) >= 11 is 0. The minimum atomic E-state index is 1.03. The lowest BCUT2D eigenvalue weighted by atomic mass is 10.0. The summed E-state index contributed by atoms with van der Waals surface area (Å²) in [6.45, 7) is 6.47. The van der Waals surface area contributed by atoms with Gasteiger partial charge in [-0.3, -0.25) is 0 Å². The molecule has 1 heteroatoms. The monoisotopic (exact) mass is 327 g/mol. The van der Waals surface area contributed by atoms with Gasteiger partial charge < -0.3 is 4.90 Å². The fourth-order valence-corrected chi connectivity index (χ4v) is 3.01. The maximum Gasteiger partial charge on any atom is 0.0536 e. The van der Waals surface area contributed by atoms with E-state index >= 15 is 0 Å². The fourth-order valence-electron chi connectivity index (χ4n) is 3.01. The molecule has 0 N–H and O–H groups in total. The van der Waals surface area contributed by atoms with Crippen LogP contribution in [0.25, 0.3) is 6.08 Å². The van der Waals surface area contributed by atoms with Gasteiger partial charge in [-0.1, -0.05) is 67.1 Å². The Hall–Kier alpha value is -2.80. The molecule has 0 saturated heterocycles. The van der Waals surface area contributed by atoms with Crippen molar-refractivity contribution < 1.29 is 0 Å². The molecule has 0 unspecified atom stereocenters. The van der Waals surface area contributed by atoms with Gasteiger partial charge in [-0.15, -0.1) is 0 Å². The first-order chi connectivity index (χ1) is 12.2. The molecule has 0 fully saturated rings. The van der Waals surface area contributed by atoms with Gasteiger partial charge in [0.15, 0.2) is 0 Å². The molecule has 0 heterocycles. The Morgan fingerprint density at radius 2 is 1.44 bits per heavy atom. The number of benzene rings is 3. The van der Waals surface area contributed by atoms with E-state index in [1.807, 2.05) is 0 Å². The number of aryl methyl sites for hydroxylation is 2. The highest BCUT2D eigenvalue weighted by molar-refractivity contribution is 5.83. The lowest BCUT2D eigenvalue weighted by Crippen LogP contribution is -2.11. The van der Waals surface area contributed by atoms with E-state index in [1.165, 1.54) is 33.8 Å². The van der Waals surface area contributed by atoms with Crippen molar-refractivity contribution in [2.45, 2.75) is 27.2 Å². The van der Waals surface area contributed by atoms with E-state index in [-0.39, 0.29) is 0 Å². The summed E-state index contributed by atoms with van der Waals surface area (Å²) in [5.74, 6) is 0. The van der Waals surface area contributed by atoms with Gasteiger partial charge in [0.05, 0.1) is 5.69 Å². The van der Waals surface area contributed by atoms with E-state index in [4.69, 9.17) is 0 Å². The van der Waals surface area contributed by atoms with E-state index in [2.05, 4.69) is 111 Å². The maximum absolute atomic E-state index is 2.34. The molecular weight excluding hydrogens is 302 g/mol. The first-order valence-corrected chi connectivity index (χ1v) is 8.88. The van der Waals surface area contributed by atoms with Crippen LogP contribution >= 0.6 is 0 Å². The zero-order valence-electron chi connectivity index (χ0n) is 15.2. The quantitative estimate of drug-likeness (QED) is 0.479. The molecule has 3 aromatic rings. The van der Waals surface area contributed by atoms with Gasteiger partial charge in [0.1, 0.15) is 0 Å². The van der Waals surface area contributed by atoms with Crippen LogP contribution in [0.5, 0.6) is 0 Å². The topological polar surface area (TPSA) is 3.24 Å². The van der Waals surface area contributed by atoms with Crippen LogP contribution in [0.1, 0.15) is 30.0 Å². The third-order valence-corrected chi connectivity index (χ3v) is 4.37. The second-order valence-corrected chi connectivity index (χ2v) is 6.32. The standard InChI is InChI=1S/C24H25N/c1-4-5-13-23-20(3)10-9-14-24(23)25(21-11-7-6-8-12-21)22-17-15-19(2)16-18-22/h5-18H,4H2,1-3H3/b13-5-. The van der Waals surface area contributed by atoms with E-state index < -0.39 is 0 Å². The summed E-state index contributed by atoms with van der Waals surface area (Å²) in [4.78, 5) is 2.34. The van der Waals surface area contributed by atoms with E-state index in [1.54, 1.807) is 0 Å². The molecule has 0 aliphatic carbocycles. The Labute approximate surface area is 151 Å². The van der Waals surface area contributed by atoms with Crippen LogP contribution in [-0.2, 0) is 0 Å². The number of rotatable bonds is 5. The predicted octanol–water partition coefficient (Wildman–Crippen LogP) is 7.20. The Kier molecular flexibility index (Phi) is 5.35. The molecule has 0 aliphatic rings. The van der Waals surface area contributed by atoms with Gasteiger partial charge in [0, 0.05) is 16.9 Å². The number of nitrogens with zero attached hydrogens (tertiary/aromatic N) is 1. The van der Waals surface area contributed by atoms with Crippen molar-refractivity contribution in [3.63, 3.8) is 0 Å². The number of hydrogen-bond donors (Lipinski definition) is 0. The molecule has 25 heavy (non-hydrogen) atoms. The Morgan fingerprint density at radius 3 is 2.12 bits per heavy atom. The molecule has 0 radical (unpaired) electrons. The van der Waals surface area contributed by atoms with E-state index in [9.17, 15) is 0 Å². The smallest absolute Gasteiger partial charge is 0.0536 e. The fraction of sp³-hybridized carbons (Fsp3) is 0.167. The maximum atomic E-state index is 2.34. The van der Waals surface area contributed by atoms with Crippen molar-refractivity contribution in [2.24, 2.45) is 0 Å². The highest BCUT2D eigenvalue weighted by Crippen LogP contribution is 2.38. The van der Waals surface area contributed by atoms with Gasteiger partial charge in [0.25, 0.3) is 0 Å². The lowest BCUT2D eigenvalue weighted by molar-refractivity contribution is 1.22. The second-order valence-electron chi connectivity index (χ2n) is 6.32. The molecular formula is C24H25N. The average Bonchev–Trinajstić information content (AvgIpc) is 2.64. The summed E-state index contributed by atoms with van der Waals surface area (Å²) in [5.41, 5.74) is 7.38. The molecule has 0 spiro atoms. The molecule has 0 bridgehead atoms. The van der Waals surface area contributed by atoms with Crippen LogP contribution < -0.4 is 4.90 Å².